The molecule has 5 nitrogen and oxygen atoms in total. The van der Waals surface area contributed by atoms with Gasteiger partial charge in [-0.25, -0.2) is 4.98 Å². The molecule has 3 aromatic heterocycles. The fraction of sp³-hybridized carbons (Fsp3) is 0.111. The Bertz CT molecular complexity index is 1040. The molecule has 0 amide bonds. The molecule has 0 saturated carbocycles. The first kappa shape index (κ1) is 14.8. The van der Waals surface area contributed by atoms with Crippen LogP contribution >= 0.6 is 11.6 Å². The standard InChI is InChI=1S/C18H14ClN5/c1-11-3-4-14(9-15(11)19)16-17(13-5-7-20-8-6-13)22-12(2)24-10-21-23-18(16)24/h3-10H,1-2H3. The van der Waals surface area contributed by atoms with E-state index in [1.165, 1.54) is 0 Å². The van der Waals surface area contributed by atoms with Gasteiger partial charge in [-0.05, 0) is 43.2 Å². The molecular weight excluding hydrogens is 322 g/mol. The van der Waals surface area contributed by atoms with Gasteiger partial charge in [0, 0.05) is 23.0 Å². The van der Waals surface area contributed by atoms with Gasteiger partial charge in [0.2, 0.25) is 0 Å². The molecule has 0 aliphatic heterocycles. The van der Waals surface area contributed by atoms with Gasteiger partial charge in [-0.1, -0.05) is 23.7 Å². The van der Waals surface area contributed by atoms with Crippen LogP contribution in [0.15, 0.2) is 49.1 Å². The summed E-state index contributed by atoms with van der Waals surface area (Å²) in [6.07, 6.45) is 5.19. The molecule has 0 N–H and O–H groups in total. The van der Waals surface area contributed by atoms with Crippen molar-refractivity contribution >= 4 is 17.2 Å². The van der Waals surface area contributed by atoms with Crippen LogP contribution in [0.2, 0.25) is 5.02 Å². The van der Waals surface area contributed by atoms with Crippen molar-refractivity contribution in [2.75, 3.05) is 0 Å². The Morgan fingerprint density at radius 3 is 2.54 bits per heavy atom. The van der Waals surface area contributed by atoms with E-state index in [0.29, 0.717) is 5.02 Å². The highest BCUT2D eigenvalue weighted by Gasteiger charge is 2.18. The number of aryl methyl sites for hydroxylation is 2. The predicted octanol–water partition coefficient (Wildman–Crippen LogP) is 4.12. The number of hydrogen-bond acceptors (Lipinski definition) is 4. The first-order chi connectivity index (χ1) is 11.6. The van der Waals surface area contributed by atoms with Crippen molar-refractivity contribution in [1.29, 1.82) is 0 Å². The van der Waals surface area contributed by atoms with Crippen LogP contribution in [0.25, 0.3) is 28.0 Å². The minimum Gasteiger partial charge on any atom is -0.269 e. The number of rotatable bonds is 2. The van der Waals surface area contributed by atoms with Gasteiger partial charge in [-0.15, -0.1) is 10.2 Å². The number of pyridine rings is 1. The number of benzene rings is 1. The number of nitrogens with zero attached hydrogens (tertiary/aromatic N) is 5. The molecular formula is C18H14ClN5. The Labute approximate surface area is 144 Å². The summed E-state index contributed by atoms with van der Waals surface area (Å²) in [4.78, 5) is 8.88. The number of fused-ring (bicyclic) bond motifs is 1. The molecule has 0 saturated heterocycles. The van der Waals surface area contributed by atoms with Gasteiger partial charge < -0.3 is 0 Å². The van der Waals surface area contributed by atoms with Gasteiger partial charge in [-0.3, -0.25) is 9.38 Å². The van der Waals surface area contributed by atoms with Crippen molar-refractivity contribution in [2.45, 2.75) is 13.8 Å². The molecule has 118 valence electrons. The van der Waals surface area contributed by atoms with Crippen molar-refractivity contribution in [2.24, 2.45) is 0 Å². The smallest absolute Gasteiger partial charge is 0.172 e. The van der Waals surface area contributed by atoms with Crippen LogP contribution in [0.1, 0.15) is 11.4 Å². The maximum absolute atomic E-state index is 6.35. The lowest BCUT2D eigenvalue weighted by molar-refractivity contribution is 0.985. The van der Waals surface area contributed by atoms with Crippen LogP contribution in [0, 0.1) is 13.8 Å². The van der Waals surface area contributed by atoms with Crippen LogP contribution in [0.5, 0.6) is 0 Å². The topological polar surface area (TPSA) is 56.0 Å². The fourth-order valence-corrected chi connectivity index (χ4v) is 2.93. The molecule has 0 unspecified atom stereocenters. The van der Waals surface area contributed by atoms with Crippen molar-refractivity contribution in [3.05, 3.63) is 65.5 Å². The van der Waals surface area contributed by atoms with Gasteiger partial charge >= 0.3 is 0 Å². The van der Waals surface area contributed by atoms with E-state index < -0.39 is 0 Å². The van der Waals surface area contributed by atoms with E-state index in [4.69, 9.17) is 16.6 Å². The second-order valence-electron chi connectivity index (χ2n) is 5.61. The Morgan fingerprint density at radius 2 is 1.79 bits per heavy atom. The lowest BCUT2D eigenvalue weighted by atomic mass is 9.99. The number of halogens is 1. The summed E-state index contributed by atoms with van der Waals surface area (Å²) in [5.41, 5.74) is 5.48. The Hall–Kier alpha value is -2.79. The molecule has 1 aromatic carbocycles. The molecule has 0 bridgehead atoms. The molecule has 0 fully saturated rings. The van der Waals surface area contributed by atoms with Crippen LogP contribution in [0.4, 0.5) is 0 Å². The molecule has 24 heavy (non-hydrogen) atoms. The third-order valence-corrected chi connectivity index (χ3v) is 4.45. The molecule has 4 rings (SSSR count). The van der Waals surface area contributed by atoms with Gasteiger partial charge in [-0.2, -0.15) is 0 Å². The van der Waals surface area contributed by atoms with Gasteiger partial charge in [0.25, 0.3) is 0 Å². The van der Waals surface area contributed by atoms with E-state index in [9.17, 15) is 0 Å². The summed E-state index contributed by atoms with van der Waals surface area (Å²) in [6, 6.07) is 9.86. The summed E-state index contributed by atoms with van der Waals surface area (Å²) in [7, 11) is 0. The van der Waals surface area contributed by atoms with Crippen molar-refractivity contribution in [3.8, 4) is 22.4 Å². The average molecular weight is 336 g/mol. The lowest BCUT2D eigenvalue weighted by Crippen LogP contribution is -2.01. The number of aromatic nitrogens is 5. The minimum absolute atomic E-state index is 0.714. The van der Waals surface area contributed by atoms with Crippen molar-refractivity contribution in [1.82, 2.24) is 24.6 Å². The summed E-state index contributed by atoms with van der Waals surface area (Å²) in [5.74, 6) is 0.823. The highest BCUT2D eigenvalue weighted by molar-refractivity contribution is 6.31. The van der Waals surface area contributed by atoms with Gasteiger partial charge in [0.1, 0.15) is 12.2 Å². The quantitative estimate of drug-likeness (QED) is 0.553. The van der Waals surface area contributed by atoms with E-state index in [1.54, 1.807) is 18.7 Å². The maximum Gasteiger partial charge on any atom is 0.172 e. The zero-order valence-corrected chi connectivity index (χ0v) is 14.0. The Balaban J connectivity index is 2.10. The molecule has 0 radical (unpaired) electrons. The van der Waals surface area contributed by atoms with E-state index in [0.717, 1.165) is 39.4 Å². The van der Waals surface area contributed by atoms with Crippen molar-refractivity contribution in [3.63, 3.8) is 0 Å². The normalized spacial score (nSPS) is 11.1. The molecule has 0 aliphatic carbocycles. The lowest BCUT2D eigenvalue weighted by Gasteiger charge is -2.13. The highest BCUT2D eigenvalue weighted by atomic mass is 35.5. The zero-order chi connectivity index (χ0) is 16.7. The second-order valence-corrected chi connectivity index (χ2v) is 6.01. The third-order valence-electron chi connectivity index (χ3n) is 4.04. The first-order valence-electron chi connectivity index (χ1n) is 7.52. The van der Waals surface area contributed by atoms with E-state index in [-0.39, 0.29) is 0 Å². The fourth-order valence-electron chi connectivity index (χ4n) is 2.75. The predicted molar refractivity (Wildman–Crippen MR) is 93.9 cm³/mol. The van der Waals surface area contributed by atoms with Gasteiger partial charge in [0.05, 0.1) is 11.3 Å². The van der Waals surface area contributed by atoms with E-state index in [2.05, 4.69) is 15.2 Å². The Morgan fingerprint density at radius 1 is 1.00 bits per heavy atom. The van der Waals surface area contributed by atoms with Gasteiger partial charge in [0.15, 0.2) is 5.65 Å². The van der Waals surface area contributed by atoms with Crippen LogP contribution in [-0.4, -0.2) is 24.6 Å². The van der Waals surface area contributed by atoms with E-state index >= 15 is 0 Å². The largest absolute Gasteiger partial charge is 0.269 e. The summed E-state index contributed by atoms with van der Waals surface area (Å²) in [6.45, 7) is 3.92. The SMILES string of the molecule is Cc1ccc(-c2c(-c3ccncc3)nc(C)n3cnnc23)cc1Cl. The summed E-state index contributed by atoms with van der Waals surface area (Å²) >= 11 is 6.35. The zero-order valence-electron chi connectivity index (χ0n) is 13.2. The maximum atomic E-state index is 6.35. The molecule has 4 aromatic rings. The second kappa shape index (κ2) is 5.69. The monoisotopic (exact) mass is 335 g/mol. The molecule has 0 aliphatic rings. The van der Waals surface area contributed by atoms with E-state index in [1.807, 2.05) is 48.6 Å². The van der Waals surface area contributed by atoms with Crippen LogP contribution in [0.3, 0.4) is 0 Å². The highest BCUT2D eigenvalue weighted by Crippen LogP contribution is 2.35. The average Bonchev–Trinajstić information content (AvgIpc) is 3.08. The van der Waals surface area contributed by atoms with Crippen molar-refractivity contribution < 1.29 is 0 Å². The first-order valence-corrected chi connectivity index (χ1v) is 7.90. The summed E-state index contributed by atoms with van der Waals surface area (Å²) < 4.78 is 1.88. The molecule has 0 atom stereocenters. The molecule has 6 heteroatoms. The Kier molecular flexibility index (Phi) is 3.50. The molecule has 3 heterocycles. The van der Waals surface area contributed by atoms with Crippen LogP contribution in [-0.2, 0) is 0 Å². The van der Waals surface area contributed by atoms with Crippen LogP contribution < -0.4 is 0 Å². The summed E-state index contributed by atoms with van der Waals surface area (Å²) in [5, 5.41) is 9.07. The minimum atomic E-state index is 0.714. The third kappa shape index (κ3) is 2.34. The number of hydrogen-bond donors (Lipinski definition) is 0. The molecule has 0 spiro atoms.